The van der Waals surface area contributed by atoms with Crippen LogP contribution in [-0.4, -0.2) is 5.38 Å². The van der Waals surface area contributed by atoms with Gasteiger partial charge in [0.15, 0.2) is 0 Å². The molecule has 1 unspecified atom stereocenters. The molecule has 90 valence electrons. The number of rotatable bonds is 7. The average molecular weight is 243 g/mol. The molecule has 0 aliphatic rings. The molecule has 0 fully saturated rings. The summed E-state index contributed by atoms with van der Waals surface area (Å²) in [5.74, 6) is -0.183. The van der Waals surface area contributed by atoms with Crippen LogP contribution >= 0.6 is 11.6 Å². The molecular weight excluding hydrogens is 223 g/mol. The largest absolute Gasteiger partial charge is 0.207 e. The fraction of sp³-hybridized carbons (Fsp3) is 0.571. The number of hydrogen-bond donors (Lipinski definition) is 0. The quantitative estimate of drug-likeness (QED) is 0.469. The van der Waals surface area contributed by atoms with Crippen LogP contribution < -0.4 is 0 Å². The Balaban J connectivity index is 2.23. The Morgan fingerprint density at radius 1 is 1.12 bits per heavy atom. The van der Waals surface area contributed by atoms with Gasteiger partial charge in [0.05, 0.1) is 0 Å². The number of benzene rings is 1. The van der Waals surface area contributed by atoms with E-state index in [0.29, 0.717) is 0 Å². The molecule has 0 saturated carbocycles. The lowest BCUT2D eigenvalue weighted by Crippen LogP contribution is -2.03. The van der Waals surface area contributed by atoms with Crippen LogP contribution in [0.15, 0.2) is 24.3 Å². The Kier molecular flexibility index (Phi) is 6.47. The summed E-state index contributed by atoms with van der Waals surface area (Å²) in [4.78, 5) is 0. The van der Waals surface area contributed by atoms with Gasteiger partial charge in [0, 0.05) is 5.38 Å². The smallest absolute Gasteiger partial charge is 0.123 e. The molecule has 0 aliphatic carbocycles. The molecule has 1 aromatic rings. The van der Waals surface area contributed by atoms with Crippen LogP contribution in [0, 0.1) is 5.82 Å². The van der Waals surface area contributed by atoms with Gasteiger partial charge < -0.3 is 0 Å². The minimum atomic E-state index is -0.183. The van der Waals surface area contributed by atoms with Gasteiger partial charge >= 0.3 is 0 Å². The van der Waals surface area contributed by atoms with Gasteiger partial charge in [-0.15, -0.1) is 11.6 Å². The second kappa shape index (κ2) is 7.67. The highest BCUT2D eigenvalue weighted by molar-refractivity contribution is 6.20. The van der Waals surface area contributed by atoms with E-state index in [-0.39, 0.29) is 11.2 Å². The Morgan fingerprint density at radius 3 is 2.44 bits per heavy atom. The predicted octanol–water partition coefficient (Wildman–Crippen LogP) is 4.95. The maximum atomic E-state index is 12.7. The Labute approximate surface area is 103 Å². The summed E-state index contributed by atoms with van der Waals surface area (Å²) in [7, 11) is 0. The predicted molar refractivity (Wildman–Crippen MR) is 68.5 cm³/mol. The van der Waals surface area contributed by atoms with E-state index in [0.717, 1.165) is 18.4 Å². The van der Waals surface area contributed by atoms with Crippen LogP contribution in [0.1, 0.15) is 44.6 Å². The van der Waals surface area contributed by atoms with E-state index in [1.165, 1.54) is 37.8 Å². The van der Waals surface area contributed by atoms with Crippen LogP contribution in [0.2, 0.25) is 0 Å². The molecule has 1 aromatic carbocycles. The lowest BCUT2D eigenvalue weighted by atomic mass is 10.0. The van der Waals surface area contributed by atoms with E-state index in [2.05, 4.69) is 6.92 Å². The molecule has 2 heteroatoms. The second-order valence-electron chi connectivity index (χ2n) is 4.28. The molecule has 0 bridgehead atoms. The molecule has 0 saturated heterocycles. The number of hydrogen-bond acceptors (Lipinski definition) is 0. The Morgan fingerprint density at radius 2 is 1.81 bits per heavy atom. The van der Waals surface area contributed by atoms with Crippen molar-refractivity contribution in [3.05, 3.63) is 35.6 Å². The van der Waals surface area contributed by atoms with Crippen LogP contribution in [0.5, 0.6) is 0 Å². The first kappa shape index (κ1) is 13.5. The van der Waals surface area contributed by atoms with Crippen molar-refractivity contribution in [2.24, 2.45) is 0 Å². The van der Waals surface area contributed by atoms with Gasteiger partial charge in [0.25, 0.3) is 0 Å². The third-order valence-electron chi connectivity index (χ3n) is 2.74. The van der Waals surface area contributed by atoms with Gasteiger partial charge in [-0.3, -0.25) is 0 Å². The summed E-state index contributed by atoms with van der Waals surface area (Å²) in [5, 5.41) is 0.183. The lowest BCUT2D eigenvalue weighted by Gasteiger charge is -2.09. The van der Waals surface area contributed by atoms with Crippen LogP contribution in [-0.2, 0) is 6.42 Å². The van der Waals surface area contributed by atoms with Gasteiger partial charge in [-0.25, -0.2) is 4.39 Å². The zero-order chi connectivity index (χ0) is 11.8. The molecule has 0 radical (unpaired) electrons. The minimum Gasteiger partial charge on any atom is -0.207 e. The zero-order valence-electron chi connectivity index (χ0n) is 9.89. The Hall–Kier alpha value is -0.560. The van der Waals surface area contributed by atoms with Gasteiger partial charge in [-0.1, -0.05) is 44.7 Å². The first-order chi connectivity index (χ1) is 7.72. The first-order valence-corrected chi connectivity index (χ1v) is 6.54. The van der Waals surface area contributed by atoms with Gasteiger partial charge in [-0.2, -0.15) is 0 Å². The summed E-state index contributed by atoms with van der Waals surface area (Å²) >= 11 is 6.24. The normalized spacial score (nSPS) is 12.7. The monoisotopic (exact) mass is 242 g/mol. The van der Waals surface area contributed by atoms with Crippen molar-refractivity contribution in [1.29, 1.82) is 0 Å². The number of alkyl halides is 1. The lowest BCUT2D eigenvalue weighted by molar-refractivity contribution is 0.609. The van der Waals surface area contributed by atoms with Crippen molar-refractivity contribution in [2.75, 3.05) is 0 Å². The third kappa shape index (κ3) is 5.50. The molecule has 1 atom stereocenters. The van der Waals surface area contributed by atoms with E-state index >= 15 is 0 Å². The maximum absolute atomic E-state index is 12.7. The first-order valence-electron chi connectivity index (χ1n) is 6.11. The van der Waals surface area contributed by atoms with E-state index in [4.69, 9.17) is 11.6 Å². The van der Waals surface area contributed by atoms with Crippen LogP contribution in [0.4, 0.5) is 4.39 Å². The summed E-state index contributed by atoms with van der Waals surface area (Å²) in [5.41, 5.74) is 1.12. The van der Waals surface area contributed by atoms with E-state index in [1.807, 2.05) is 12.1 Å². The summed E-state index contributed by atoms with van der Waals surface area (Å²) in [6.07, 6.45) is 6.91. The molecule has 16 heavy (non-hydrogen) atoms. The SMILES string of the molecule is CCCCCCC(Cl)Cc1ccc(F)cc1. The molecule has 1 rings (SSSR count). The number of halogens is 2. The van der Waals surface area contributed by atoms with Crippen LogP contribution in [0.3, 0.4) is 0 Å². The van der Waals surface area contributed by atoms with E-state index in [1.54, 1.807) is 0 Å². The highest BCUT2D eigenvalue weighted by Gasteiger charge is 2.05. The van der Waals surface area contributed by atoms with Crippen molar-refractivity contribution in [2.45, 2.75) is 50.8 Å². The van der Waals surface area contributed by atoms with Gasteiger partial charge in [0.2, 0.25) is 0 Å². The second-order valence-corrected chi connectivity index (χ2v) is 4.89. The topological polar surface area (TPSA) is 0 Å². The van der Waals surface area contributed by atoms with E-state index in [9.17, 15) is 4.39 Å². The summed E-state index contributed by atoms with van der Waals surface area (Å²) in [6, 6.07) is 6.62. The summed E-state index contributed by atoms with van der Waals surface area (Å²) < 4.78 is 12.7. The summed E-state index contributed by atoms with van der Waals surface area (Å²) in [6.45, 7) is 2.21. The molecule has 0 heterocycles. The third-order valence-corrected chi connectivity index (χ3v) is 3.11. The fourth-order valence-corrected chi connectivity index (χ4v) is 2.10. The molecule has 0 N–H and O–H groups in total. The molecule has 0 spiro atoms. The van der Waals surface area contributed by atoms with Crippen molar-refractivity contribution in [1.82, 2.24) is 0 Å². The van der Waals surface area contributed by atoms with E-state index < -0.39 is 0 Å². The fourth-order valence-electron chi connectivity index (χ4n) is 1.77. The molecule has 0 amide bonds. The highest BCUT2D eigenvalue weighted by Crippen LogP contribution is 2.15. The van der Waals surface area contributed by atoms with Gasteiger partial charge in [-0.05, 0) is 30.5 Å². The molecular formula is C14H20ClF. The zero-order valence-corrected chi connectivity index (χ0v) is 10.6. The van der Waals surface area contributed by atoms with Crippen molar-refractivity contribution >= 4 is 11.6 Å². The molecule has 0 nitrogen and oxygen atoms in total. The average Bonchev–Trinajstić information content (AvgIpc) is 2.28. The molecule has 0 aliphatic heterocycles. The maximum Gasteiger partial charge on any atom is 0.123 e. The van der Waals surface area contributed by atoms with Gasteiger partial charge in [0.1, 0.15) is 5.82 Å². The van der Waals surface area contributed by atoms with Crippen molar-refractivity contribution < 1.29 is 4.39 Å². The van der Waals surface area contributed by atoms with Crippen LogP contribution in [0.25, 0.3) is 0 Å². The van der Waals surface area contributed by atoms with Crippen molar-refractivity contribution in [3.8, 4) is 0 Å². The minimum absolute atomic E-state index is 0.183. The Bertz CT molecular complexity index is 281. The highest BCUT2D eigenvalue weighted by atomic mass is 35.5. The molecule has 0 aromatic heterocycles. The number of unbranched alkanes of at least 4 members (excludes halogenated alkanes) is 3. The standard InChI is InChI=1S/C14H20ClF/c1-2-3-4-5-6-13(15)11-12-7-9-14(16)10-8-12/h7-10,13H,2-6,11H2,1H3. The van der Waals surface area contributed by atoms with Crippen molar-refractivity contribution in [3.63, 3.8) is 0 Å².